The maximum atomic E-state index is 11.9. The molecule has 1 saturated carbocycles. The summed E-state index contributed by atoms with van der Waals surface area (Å²) in [5, 5.41) is 11.1. The fourth-order valence-corrected chi connectivity index (χ4v) is 5.48. The number of aldehydes is 1. The Hall–Kier alpha value is -1.88. The van der Waals surface area contributed by atoms with E-state index < -0.39 is 11.5 Å². The summed E-state index contributed by atoms with van der Waals surface area (Å²) >= 11 is 0. The highest BCUT2D eigenvalue weighted by molar-refractivity contribution is 5.77. The van der Waals surface area contributed by atoms with Gasteiger partial charge in [0.2, 0.25) is 0 Å². The van der Waals surface area contributed by atoms with Gasteiger partial charge >= 0.3 is 5.97 Å². The Morgan fingerprint density at radius 1 is 1.48 bits per heavy atom. The molecule has 0 radical (unpaired) electrons. The summed E-state index contributed by atoms with van der Waals surface area (Å²) in [5.74, 6) is -0.0223. The first-order valence-electron chi connectivity index (χ1n) is 9.83. The molecule has 2 aliphatic carbocycles. The van der Waals surface area contributed by atoms with Crippen LogP contribution in [0.1, 0.15) is 52.0 Å². The lowest BCUT2D eigenvalue weighted by molar-refractivity contribution is -0.172. The van der Waals surface area contributed by atoms with Crippen LogP contribution in [-0.4, -0.2) is 30.1 Å². The number of aliphatic hydroxyl groups excluding tert-OH is 1. The van der Waals surface area contributed by atoms with Crippen LogP contribution >= 0.6 is 0 Å². The highest BCUT2D eigenvalue weighted by Crippen LogP contribution is 2.61. The van der Waals surface area contributed by atoms with Crippen molar-refractivity contribution in [1.82, 2.24) is 0 Å². The standard InChI is InChI=1S/C22H30O5/c1-15-11-20(25)22(14-27-16(2)24)18(12-23)5-4-6-19(22)21(15,3)9-7-17-8-10-26-13-17/h5,8,10,12-13,15,19-20,25H,4,6-7,9,11,14H2,1-3H3/t15-,19-,20+,21+,22+/m1/s1. The number of allylic oxidation sites excluding steroid dienone is 1. The second kappa shape index (κ2) is 7.63. The van der Waals surface area contributed by atoms with Crippen molar-refractivity contribution in [2.45, 2.75) is 59.0 Å². The van der Waals surface area contributed by atoms with Gasteiger partial charge in [0.25, 0.3) is 0 Å². The van der Waals surface area contributed by atoms with Crippen LogP contribution in [0, 0.1) is 22.7 Å². The molecule has 0 amide bonds. The molecule has 1 aromatic rings. The van der Waals surface area contributed by atoms with Gasteiger partial charge in [-0.25, -0.2) is 0 Å². The number of esters is 1. The van der Waals surface area contributed by atoms with E-state index in [1.165, 1.54) is 6.92 Å². The summed E-state index contributed by atoms with van der Waals surface area (Å²) in [7, 11) is 0. The molecule has 0 aromatic carbocycles. The third-order valence-corrected chi connectivity index (χ3v) is 7.25. The van der Waals surface area contributed by atoms with Crippen molar-refractivity contribution in [3.8, 4) is 0 Å². The van der Waals surface area contributed by atoms with E-state index in [4.69, 9.17) is 9.15 Å². The Balaban J connectivity index is 1.98. The van der Waals surface area contributed by atoms with Gasteiger partial charge in [0.05, 0.1) is 24.0 Å². The molecule has 0 spiro atoms. The fourth-order valence-electron chi connectivity index (χ4n) is 5.48. The monoisotopic (exact) mass is 374 g/mol. The Morgan fingerprint density at radius 2 is 2.26 bits per heavy atom. The summed E-state index contributed by atoms with van der Waals surface area (Å²) in [6, 6.07) is 1.98. The van der Waals surface area contributed by atoms with Crippen LogP contribution in [0.25, 0.3) is 0 Å². The third-order valence-electron chi connectivity index (χ3n) is 7.25. The van der Waals surface area contributed by atoms with Gasteiger partial charge in [-0.1, -0.05) is 19.9 Å². The molecule has 1 aromatic heterocycles. The van der Waals surface area contributed by atoms with E-state index in [-0.39, 0.29) is 23.9 Å². The Labute approximate surface area is 160 Å². The van der Waals surface area contributed by atoms with Crippen LogP contribution in [0.15, 0.2) is 34.7 Å². The van der Waals surface area contributed by atoms with Crippen molar-refractivity contribution in [1.29, 1.82) is 0 Å². The molecule has 1 heterocycles. The second-order valence-corrected chi connectivity index (χ2v) is 8.52. The first kappa shape index (κ1) is 19.9. The van der Waals surface area contributed by atoms with Crippen molar-refractivity contribution in [3.05, 3.63) is 35.8 Å². The molecule has 0 bridgehead atoms. The molecule has 0 aliphatic heterocycles. The number of hydrogen-bond donors (Lipinski definition) is 1. The van der Waals surface area contributed by atoms with Gasteiger partial charge in [-0.2, -0.15) is 0 Å². The number of aliphatic hydroxyl groups is 1. The zero-order chi connectivity index (χ0) is 19.7. The number of fused-ring (bicyclic) bond motifs is 1. The van der Waals surface area contributed by atoms with Crippen molar-refractivity contribution in [2.24, 2.45) is 22.7 Å². The SMILES string of the molecule is CC(=O)OC[C@]12C(C=O)=CCC[C@@H]1[C@@](C)(CCc1ccoc1)[C@H](C)C[C@@H]2O. The zero-order valence-electron chi connectivity index (χ0n) is 16.4. The first-order chi connectivity index (χ1) is 12.8. The zero-order valence-corrected chi connectivity index (χ0v) is 16.4. The molecule has 0 saturated heterocycles. The topological polar surface area (TPSA) is 76.7 Å². The van der Waals surface area contributed by atoms with Crippen molar-refractivity contribution >= 4 is 12.3 Å². The summed E-state index contributed by atoms with van der Waals surface area (Å²) < 4.78 is 10.6. The molecule has 1 N–H and O–H groups in total. The van der Waals surface area contributed by atoms with Gasteiger partial charge in [0.15, 0.2) is 0 Å². The summed E-state index contributed by atoms with van der Waals surface area (Å²) in [6.07, 6.45) is 9.62. The minimum absolute atomic E-state index is 0.0623. The van der Waals surface area contributed by atoms with Crippen LogP contribution in [0.2, 0.25) is 0 Å². The fraction of sp³-hybridized carbons (Fsp3) is 0.636. The molecule has 0 unspecified atom stereocenters. The highest BCUT2D eigenvalue weighted by Gasteiger charge is 2.61. The number of carbonyl (C=O) groups is 2. The Morgan fingerprint density at radius 3 is 2.89 bits per heavy atom. The normalized spacial score (nSPS) is 35.9. The quantitative estimate of drug-likeness (QED) is 0.607. The lowest BCUT2D eigenvalue weighted by Crippen LogP contribution is -2.60. The molecule has 2 aliphatic rings. The number of ether oxygens (including phenoxy) is 1. The van der Waals surface area contributed by atoms with Gasteiger partial charge < -0.3 is 14.3 Å². The molecule has 27 heavy (non-hydrogen) atoms. The summed E-state index contributed by atoms with van der Waals surface area (Å²) in [5.41, 5.74) is 0.846. The molecule has 5 atom stereocenters. The Kier molecular flexibility index (Phi) is 5.61. The van der Waals surface area contributed by atoms with E-state index in [9.17, 15) is 14.7 Å². The second-order valence-electron chi connectivity index (χ2n) is 8.52. The van der Waals surface area contributed by atoms with Gasteiger partial charge in [0, 0.05) is 12.5 Å². The van der Waals surface area contributed by atoms with E-state index >= 15 is 0 Å². The van der Waals surface area contributed by atoms with Crippen LogP contribution in [0.3, 0.4) is 0 Å². The minimum atomic E-state index is -0.816. The largest absolute Gasteiger partial charge is 0.472 e. The van der Waals surface area contributed by atoms with Gasteiger partial charge in [-0.05, 0) is 61.0 Å². The number of carbonyl (C=O) groups excluding carboxylic acids is 2. The van der Waals surface area contributed by atoms with Crippen LogP contribution in [0.4, 0.5) is 0 Å². The van der Waals surface area contributed by atoms with E-state index in [1.54, 1.807) is 12.5 Å². The van der Waals surface area contributed by atoms with E-state index in [1.807, 2.05) is 12.1 Å². The van der Waals surface area contributed by atoms with E-state index in [2.05, 4.69) is 13.8 Å². The summed E-state index contributed by atoms with van der Waals surface area (Å²) in [4.78, 5) is 23.5. The number of aryl methyl sites for hydroxylation is 1. The molecule has 5 heteroatoms. The van der Waals surface area contributed by atoms with Crippen LogP contribution < -0.4 is 0 Å². The maximum Gasteiger partial charge on any atom is 0.302 e. The van der Waals surface area contributed by atoms with E-state index in [0.29, 0.717) is 17.9 Å². The lowest BCUT2D eigenvalue weighted by Gasteiger charge is -2.60. The molecule has 3 rings (SSSR count). The molecular formula is C22H30O5. The van der Waals surface area contributed by atoms with Gasteiger partial charge in [-0.15, -0.1) is 0 Å². The molecule has 1 fully saturated rings. The average Bonchev–Trinajstić information content (AvgIpc) is 3.16. The molecular weight excluding hydrogens is 344 g/mol. The van der Waals surface area contributed by atoms with Crippen molar-refractivity contribution in [2.75, 3.05) is 6.61 Å². The number of furan rings is 1. The average molecular weight is 374 g/mol. The minimum Gasteiger partial charge on any atom is -0.472 e. The van der Waals surface area contributed by atoms with Crippen molar-refractivity contribution in [3.63, 3.8) is 0 Å². The highest BCUT2D eigenvalue weighted by atomic mass is 16.5. The third kappa shape index (κ3) is 3.38. The first-order valence-corrected chi connectivity index (χ1v) is 9.83. The van der Waals surface area contributed by atoms with Crippen LogP contribution in [0.5, 0.6) is 0 Å². The predicted octanol–water partition coefficient (Wildman–Crippen LogP) is 3.70. The Bertz CT molecular complexity index is 706. The predicted molar refractivity (Wildman–Crippen MR) is 101 cm³/mol. The lowest BCUT2D eigenvalue weighted by atomic mass is 9.45. The van der Waals surface area contributed by atoms with Gasteiger partial charge in [-0.3, -0.25) is 9.59 Å². The smallest absolute Gasteiger partial charge is 0.302 e. The molecule has 5 nitrogen and oxygen atoms in total. The van der Waals surface area contributed by atoms with Gasteiger partial charge in [0.1, 0.15) is 12.9 Å². The molecule has 148 valence electrons. The number of rotatable bonds is 6. The van der Waals surface area contributed by atoms with E-state index in [0.717, 1.165) is 37.5 Å². The van der Waals surface area contributed by atoms with Crippen molar-refractivity contribution < 1.29 is 23.8 Å². The van der Waals surface area contributed by atoms with Crippen LogP contribution in [-0.2, 0) is 20.7 Å². The maximum absolute atomic E-state index is 11.9. The number of hydrogen-bond acceptors (Lipinski definition) is 5. The summed E-state index contributed by atoms with van der Waals surface area (Å²) in [6.45, 7) is 5.89.